The van der Waals surface area contributed by atoms with Gasteiger partial charge in [0.15, 0.2) is 15.7 Å². The molecule has 10 nitrogen and oxygen atoms in total. The molecule has 0 spiro atoms. The number of unbranched alkanes of at least 4 members (excludes halogenated alkanes) is 1. The van der Waals surface area contributed by atoms with Crippen molar-refractivity contribution >= 4 is 32.6 Å². The van der Waals surface area contributed by atoms with Crippen LogP contribution in [0, 0.1) is 5.92 Å². The molecule has 11 heteroatoms. The van der Waals surface area contributed by atoms with Gasteiger partial charge in [0.2, 0.25) is 5.95 Å². The summed E-state index contributed by atoms with van der Waals surface area (Å²) in [6.07, 6.45) is 4.59. The summed E-state index contributed by atoms with van der Waals surface area (Å²) in [5.74, 6) is 2.27. The van der Waals surface area contributed by atoms with Gasteiger partial charge in [0.25, 0.3) is 0 Å². The summed E-state index contributed by atoms with van der Waals surface area (Å²) in [5, 5.41) is 7.74. The van der Waals surface area contributed by atoms with E-state index in [0.717, 1.165) is 54.7 Å². The van der Waals surface area contributed by atoms with Crippen molar-refractivity contribution in [2.24, 2.45) is 5.92 Å². The lowest BCUT2D eigenvalue weighted by molar-refractivity contribution is 0.314. The van der Waals surface area contributed by atoms with E-state index in [1.807, 2.05) is 16.8 Å². The summed E-state index contributed by atoms with van der Waals surface area (Å²) in [5.41, 5.74) is 9.53. The first-order chi connectivity index (χ1) is 16.9. The number of hydrogen-bond donors (Lipinski definition) is 2. The normalized spacial score (nSPS) is 21.4. The maximum absolute atomic E-state index is 12.3. The zero-order valence-corrected chi connectivity index (χ0v) is 21.1. The Kier molecular flexibility index (Phi) is 6.54. The van der Waals surface area contributed by atoms with Crippen LogP contribution in [0.2, 0.25) is 0 Å². The number of hydrogen-bond acceptors (Lipinski definition) is 9. The van der Waals surface area contributed by atoms with E-state index in [1.54, 1.807) is 13.3 Å². The number of nitrogens with zero attached hydrogens (tertiary/aromatic N) is 5. The fourth-order valence-corrected chi connectivity index (χ4v) is 7.50. The maximum atomic E-state index is 12.3. The zero-order valence-electron chi connectivity index (χ0n) is 20.3. The van der Waals surface area contributed by atoms with Gasteiger partial charge in [-0.2, -0.15) is 10.1 Å². The van der Waals surface area contributed by atoms with E-state index >= 15 is 0 Å². The van der Waals surface area contributed by atoms with Gasteiger partial charge >= 0.3 is 0 Å². The Hall–Kier alpha value is -2.92. The van der Waals surface area contributed by atoms with Crippen LogP contribution in [0.3, 0.4) is 0 Å². The smallest absolute Gasteiger partial charge is 0.222 e. The Labute approximate surface area is 205 Å². The van der Waals surface area contributed by atoms with E-state index in [2.05, 4.69) is 38.3 Å². The molecule has 2 aliphatic rings. The van der Waals surface area contributed by atoms with Crippen molar-refractivity contribution in [1.82, 2.24) is 24.6 Å². The van der Waals surface area contributed by atoms with Crippen LogP contribution >= 0.6 is 0 Å². The molecule has 0 amide bonds. The van der Waals surface area contributed by atoms with E-state index < -0.39 is 9.84 Å². The van der Waals surface area contributed by atoms with Gasteiger partial charge in [-0.1, -0.05) is 19.4 Å². The molecular weight excluding hydrogens is 466 g/mol. The highest BCUT2D eigenvalue weighted by Gasteiger charge is 2.45. The predicted octanol–water partition coefficient (Wildman–Crippen LogP) is 2.30. The third kappa shape index (κ3) is 4.79. The number of methoxy groups -OCH3 is 1. The summed E-state index contributed by atoms with van der Waals surface area (Å²) in [7, 11) is -1.28. The summed E-state index contributed by atoms with van der Waals surface area (Å²) < 4.78 is 32.2. The third-order valence-electron chi connectivity index (χ3n) is 7.09. The van der Waals surface area contributed by atoms with Gasteiger partial charge < -0.3 is 15.8 Å². The number of nitrogens with one attached hydrogen (secondary N) is 1. The number of benzene rings is 1. The van der Waals surface area contributed by atoms with Gasteiger partial charge in [0, 0.05) is 31.7 Å². The molecule has 5 rings (SSSR count). The van der Waals surface area contributed by atoms with Crippen molar-refractivity contribution in [2.45, 2.75) is 44.5 Å². The third-order valence-corrected chi connectivity index (χ3v) is 9.35. The van der Waals surface area contributed by atoms with Crippen molar-refractivity contribution < 1.29 is 13.2 Å². The van der Waals surface area contributed by atoms with E-state index in [0.29, 0.717) is 36.7 Å². The molecule has 0 aliphatic carbocycles. The van der Waals surface area contributed by atoms with Crippen molar-refractivity contribution in [1.29, 1.82) is 0 Å². The summed E-state index contributed by atoms with van der Waals surface area (Å²) in [4.78, 5) is 11.0. The standard InChI is InChI=1S/C24H33N7O3S/c1-3-4-8-26-23-22-19(28-24(25)29-23)11-27-31(22)14-18-10-16(5-6-20(18)34-2)12-30-13-17-7-9-35(32,33)21(17)15-30/h5-6,10-11,17,21H,3-4,7-9,12-15H2,1-2H3,(H3,25,26,28,29). The fraction of sp³-hybridized carbons (Fsp3) is 0.542. The number of likely N-dealkylation sites (tertiary alicyclic amines) is 1. The number of rotatable bonds is 9. The molecule has 2 saturated heterocycles. The lowest BCUT2D eigenvalue weighted by atomic mass is 10.1. The predicted molar refractivity (Wildman–Crippen MR) is 136 cm³/mol. The first-order valence-corrected chi connectivity index (χ1v) is 13.9. The summed E-state index contributed by atoms with van der Waals surface area (Å²) >= 11 is 0. The molecule has 0 saturated carbocycles. The second-order valence-electron chi connectivity index (χ2n) is 9.54. The van der Waals surface area contributed by atoms with Gasteiger partial charge in [-0.3, -0.25) is 9.58 Å². The van der Waals surface area contributed by atoms with Crippen LogP contribution in [0.1, 0.15) is 37.3 Å². The average Bonchev–Trinajstić information content (AvgIpc) is 3.49. The molecule has 1 aromatic carbocycles. The monoisotopic (exact) mass is 499 g/mol. The number of sulfone groups is 1. The highest BCUT2D eigenvalue weighted by Crippen LogP contribution is 2.34. The molecule has 2 fully saturated rings. The van der Waals surface area contributed by atoms with E-state index in [-0.39, 0.29) is 17.1 Å². The Morgan fingerprint density at radius 2 is 2.09 bits per heavy atom. The number of anilines is 2. The van der Waals surface area contributed by atoms with Crippen LogP contribution < -0.4 is 15.8 Å². The number of nitrogens with two attached hydrogens (primary N) is 1. The average molecular weight is 500 g/mol. The molecule has 3 aromatic rings. The van der Waals surface area contributed by atoms with Gasteiger partial charge in [-0.15, -0.1) is 0 Å². The Morgan fingerprint density at radius 3 is 2.86 bits per heavy atom. The van der Waals surface area contributed by atoms with Gasteiger partial charge in [0.05, 0.1) is 30.9 Å². The lowest BCUT2D eigenvalue weighted by Gasteiger charge is -2.18. The van der Waals surface area contributed by atoms with E-state index in [9.17, 15) is 8.42 Å². The topological polar surface area (TPSA) is 128 Å². The largest absolute Gasteiger partial charge is 0.496 e. The van der Waals surface area contributed by atoms with Crippen molar-refractivity contribution in [3.8, 4) is 5.75 Å². The number of fused-ring (bicyclic) bond motifs is 2. The molecule has 2 atom stereocenters. The Balaban J connectivity index is 1.39. The second kappa shape index (κ2) is 9.62. The molecule has 0 radical (unpaired) electrons. The molecule has 2 unspecified atom stereocenters. The Bertz CT molecular complexity index is 1320. The van der Waals surface area contributed by atoms with Crippen LogP contribution in [-0.2, 0) is 22.9 Å². The number of nitrogen functional groups attached to an aromatic ring is 1. The first-order valence-electron chi connectivity index (χ1n) is 12.2. The number of ether oxygens (including phenoxy) is 1. The summed E-state index contributed by atoms with van der Waals surface area (Å²) in [6, 6.07) is 6.14. The zero-order chi connectivity index (χ0) is 24.6. The minimum absolute atomic E-state index is 0.207. The van der Waals surface area contributed by atoms with Gasteiger partial charge in [0.1, 0.15) is 16.8 Å². The minimum atomic E-state index is -2.94. The van der Waals surface area contributed by atoms with E-state index in [4.69, 9.17) is 10.5 Å². The van der Waals surface area contributed by atoms with Crippen LogP contribution in [0.15, 0.2) is 24.4 Å². The van der Waals surface area contributed by atoms with Crippen LogP contribution in [0.4, 0.5) is 11.8 Å². The number of aromatic nitrogens is 4. The molecule has 3 N–H and O–H groups in total. The molecule has 4 heterocycles. The minimum Gasteiger partial charge on any atom is -0.496 e. The fourth-order valence-electron chi connectivity index (χ4n) is 5.32. The molecule has 2 aromatic heterocycles. The first kappa shape index (κ1) is 23.8. The van der Waals surface area contributed by atoms with Crippen LogP contribution in [0.25, 0.3) is 11.0 Å². The lowest BCUT2D eigenvalue weighted by Crippen LogP contribution is -2.26. The SMILES string of the molecule is CCCCNc1nc(N)nc2cnn(Cc3cc(CN4CC5CCS(=O)(=O)C5C4)ccc3OC)c12. The quantitative estimate of drug-likeness (QED) is 0.426. The molecule has 0 bridgehead atoms. The molecular formula is C24H33N7O3S. The van der Waals surface area contributed by atoms with Crippen molar-refractivity contribution in [3.05, 3.63) is 35.5 Å². The summed E-state index contributed by atoms with van der Waals surface area (Å²) in [6.45, 7) is 5.57. The maximum Gasteiger partial charge on any atom is 0.222 e. The van der Waals surface area contributed by atoms with E-state index in [1.165, 1.54) is 0 Å². The highest BCUT2D eigenvalue weighted by atomic mass is 32.2. The molecule has 188 valence electrons. The Morgan fingerprint density at radius 1 is 1.23 bits per heavy atom. The molecule has 2 aliphatic heterocycles. The van der Waals surface area contributed by atoms with Crippen molar-refractivity contribution in [3.63, 3.8) is 0 Å². The van der Waals surface area contributed by atoms with Crippen molar-refractivity contribution in [2.75, 3.05) is 43.5 Å². The van der Waals surface area contributed by atoms with Crippen LogP contribution in [0.5, 0.6) is 5.75 Å². The molecule has 35 heavy (non-hydrogen) atoms. The second-order valence-corrected chi connectivity index (χ2v) is 11.9. The highest BCUT2D eigenvalue weighted by molar-refractivity contribution is 7.92. The van der Waals surface area contributed by atoms with Gasteiger partial charge in [-0.05, 0) is 36.5 Å². The van der Waals surface area contributed by atoms with Crippen LogP contribution in [-0.4, -0.2) is 70.8 Å². The van der Waals surface area contributed by atoms with Gasteiger partial charge in [-0.25, -0.2) is 13.4 Å².